The summed E-state index contributed by atoms with van der Waals surface area (Å²) >= 11 is 0. The van der Waals surface area contributed by atoms with Crippen molar-refractivity contribution >= 4 is 11.6 Å². The molecule has 0 bridgehead atoms. The average molecular weight is 224 g/mol. The van der Waals surface area contributed by atoms with Crippen LogP contribution in [0.3, 0.4) is 0 Å². The summed E-state index contributed by atoms with van der Waals surface area (Å²) in [5.74, 6) is 1.59. The zero-order valence-corrected chi connectivity index (χ0v) is 9.98. The molecule has 0 amide bonds. The Balaban J connectivity index is 2.77. The van der Waals surface area contributed by atoms with Crippen LogP contribution < -0.4 is 10.2 Å². The van der Waals surface area contributed by atoms with E-state index in [1.165, 1.54) is 0 Å². The Kier molecular flexibility index (Phi) is 5.56. The summed E-state index contributed by atoms with van der Waals surface area (Å²) in [7, 11) is 0. The van der Waals surface area contributed by atoms with Crippen LogP contribution in [0.1, 0.15) is 20.3 Å². The van der Waals surface area contributed by atoms with Crippen LogP contribution in [0.5, 0.6) is 0 Å². The van der Waals surface area contributed by atoms with Crippen LogP contribution in [-0.2, 0) is 0 Å². The summed E-state index contributed by atoms with van der Waals surface area (Å²) in [5, 5.41) is 12.1. The summed E-state index contributed by atoms with van der Waals surface area (Å²) in [6.45, 7) is 6.56. The van der Waals surface area contributed by atoms with Gasteiger partial charge in [0, 0.05) is 19.6 Å². The predicted molar refractivity (Wildman–Crippen MR) is 65.8 cm³/mol. The molecule has 0 aromatic carbocycles. The van der Waals surface area contributed by atoms with E-state index in [-0.39, 0.29) is 6.61 Å². The number of hydrogen-bond acceptors (Lipinski definition) is 5. The zero-order valence-electron chi connectivity index (χ0n) is 9.98. The van der Waals surface area contributed by atoms with Crippen LogP contribution in [-0.4, -0.2) is 41.3 Å². The molecule has 5 heteroatoms. The minimum atomic E-state index is 0.132. The fourth-order valence-corrected chi connectivity index (χ4v) is 1.51. The van der Waals surface area contributed by atoms with E-state index in [1.807, 2.05) is 11.8 Å². The second-order valence-corrected chi connectivity index (χ2v) is 3.50. The molecule has 90 valence electrons. The van der Waals surface area contributed by atoms with Crippen LogP contribution >= 0.6 is 0 Å². The molecular formula is C11H20N4O. The van der Waals surface area contributed by atoms with Gasteiger partial charge in [0.15, 0.2) is 0 Å². The SMILES string of the molecule is CCCN(CCO)c1cncc(NCC)n1. The molecule has 1 aromatic rings. The van der Waals surface area contributed by atoms with E-state index in [0.717, 1.165) is 31.1 Å². The Bertz CT molecular complexity index is 300. The number of hydrogen-bond donors (Lipinski definition) is 2. The van der Waals surface area contributed by atoms with Gasteiger partial charge in [0.1, 0.15) is 11.6 Å². The Labute approximate surface area is 96.5 Å². The quantitative estimate of drug-likeness (QED) is 0.726. The first kappa shape index (κ1) is 12.7. The molecule has 1 heterocycles. The smallest absolute Gasteiger partial charge is 0.149 e. The highest BCUT2D eigenvalue weighted by atomic mass is 16.3. The summed E-state index contributed by atoms with van der Waals surface area (Å²) in [5.41, 5.74) is 0. The predicted octanol–water partition coefficient (Wildman–Crippen LogP) is 1.12. The fraction of sp³-hybridized carbons (Fsp3) is 0.636. The van der Waals surface area contributed by atoms with Crippen molar-refractivity contribution in [2.24, 2.45) is 0 Å². The largest absolute Gasteiger partial charge is 0.395 e. The lowest BCUT2D eigenvalue weighted by molar-refractivity contribution is 0.301. The number of rotatable bonds is 7. The van der Waals surface area contributed by atoms with Gasteiger partial charge in [-0.3, -0.25) is 4.98 Å². The number of anilines is 2. The minimum absolute atomic E-state index is 0.132. The molecule has 0 aliphatic rings. The lowest BCUT2D eigenvalue weighted by atomic mass is 10.4. The third kappa shape index (κ3) is 3.66. The molecule has 5 nitrogen and oxygen atoms in total. The number of aliphatic hydroxyl groups is 1. The van der Waals surface area contributed by atoms with Crippen molar-refractivity contribution in [2.75, 3.05) is 36.5 Å². The first-order valence-electron chi connectivity index (χ1n) is 5.73. The molecule has 0 saturated heterocycles. The van der Waals surface area contributed by atoms with E-state index in [0.29, 0.717) is 6.54 Å². The molecule has 0 atom stereocenters. The number of nitrogens with one attached hydrogen (secondary N) is 1. The highest BCUT2D eigenvalue weighted by molar-refractivity contribution is 5.43. The average Bonchev–Trinajstić information content (AvgIpc) is 2.30. The van der Waals surface area contributed by atoms with E-state index in [9.17, 15) is 0 Å². The third-order valence-electron chi connectivity index (χ3n) is 2.17. The van der Waals surface area contributed by atoms with Gasteiger partial charge < -0.3 is 15.3 Å². The standard InChI is InChI=1S/C11H20N4O/c1-3-5-15(6-7-16)11-9-12-8-10(14-11)13-4-2/h8-9,16H,3-7H2,1-2H3,(H,13,14). The van der Waals surface area contributed by atoms with Gasteiger partial charge in [-0.2, -0.15) is 0 Å². The topological polar surface area (TPSA) is 61.3 Å². The summed E-state index contributed by atoms with van der Waals surface area (Å²) in [4.78, 5) is 10.6. The monoisotopic (exact) mass is 224 g/mol. The van der Waals surface area contributed by atoms with Crippen LogP contribution in [0.4, 0.5) is 11.6 Å². The van der Waals surface area contributed by atoms with Crippen LogP contribution in [0.2, 0.25) is 0 Å². The van der Waals surface area contributed by atoms with Gasteiger partial charge in [-0.1, -0.05) is 6.92 Å². The van der Waals surface area contributed by atoms with Gasteiger partial charge in [0.05, 0.1) is 19.0 Å². The van der Waals surface area contributed by atoms with Gasteiger partial charge in [-0.25, -0.2) is 4.98 Å². The summed E-state index contributed by atoms with van der Waals surface area (Å²) in [6, 6.07) is 0. The van der Waals surface area contributed by atoms with Crippen LogP contribution in [0.15, 0.2) is 12.4 Å². The first-order valence-corrected chi connectivity index (χ1v) is 5.73. The van der Waals surface area contributed by atoms with Gasteiger partial charge in [-0.05, 0) is 13.3 Å². The Morgan fingerprint density at radius 2 is 2.12 bits per heavy atom. The van der Waals surface area contributed by atoms with E-state index < -0.39 is 0 Å². The van der Waals surface area contributed by atoms with Crippen molar-refractivity contribution in [3.63, 3.8) is 0 Å². The maximum atomic E-state index is 8.99. The molecule has 0 spiro atoms. The fourth-order valence-electron chi connectivity index (χ4n) is 1.51. The Morgan fingerprint density at radius 1 is 1.31 bits per heavy atom. The van der Waals surface area contributed by atoms with Crippen molar-refractivity contribution in [3.05, 3.63) is 12.4 Å². The van der Waals surface area contributed by atoms with Gasteiger partial charge in [-0.15, -0.1) is 0 Å². The third-order valence-corrected chi connectivity index (χ3v) is 2.17. The van der Waals surface area contributed by atoms with Crippen LogP contribution in [0.25, 0.3) is 0 Å². The molecule has 2 N–H and O–H groups in total. The maximum Gasteiger partial charge on any atom is 0.149 e. The van der Waals surface area contributed by atoms with Gasteiger partial charge in [0.25, 0.3) is 0 Å². The first-order chi connectivity index (χ1) is 7.81. The maximum absolute atomic E-state index is 8.99. The van der Waals surface area contributed by atoms with Crippen molar-refractivity contribution in [1.82, 2.24) is 9.97 Å². The van der Waals surface area contributed by atoms with Crippen molar-refractivity contribution in [3.8, 4) is 0 Å². The van der Waals surface area contributed by atoms with E-state index >= 15 is 0 Å². The molecule has 1 rings (SSSR count). The van der Waals surface area contributed by atoms with Crippen LogP contribution in [0, 0.1) is 0 Å². The Morgan fingerprint density at radius 3 is 2.75 bits per heavy atom. The molecule has 1 aromatic heterocycles. The summed E-state index contributed by atoms with van der Waals surface area (Å²) < 4.78 is 0. The van der Waals surface area contributed by atoms with Crippen molar-refractivity contribution in [2.45, 2.75) is 20.3 Å². The normalized spacial score (nSPS) is 10.2. The van der Waals surface area contributed by atoms with Gasteiger partial charge in [0.2, 0.25) is 0 Å². The number of nitrogens with zero attached hydrogens (tertiary/aromatic N) is 3. The van der Waals surface area contributed by atoms with E-state index in [1.54, 1.807) is 12.4 Å². The molecule has 0 radical (unpaired) electrons. The second-order valence-electron chi connectivity index (χ2n) is 3.50. The molecule has 16 heavy (non-hydrogen) atoms. The number of aromatic nitrogens is 2. The van der Waals surface area contributed by atoms with E-state index in [2.05, 4.69) is 22.2 Å². The molecule has 0 saturated carbocycles. The minimum Gasteiger partial charge on any atom is -0.395 e. The second kappa shape index (κ2) is 7.00. The number of aliphatic hydroxyl groups excluding tert-OH is 1. The lowest BCUT2D eigenvalue weighted by Gasteiger charge is -2.22. The molecule has 0 unspecified atom stereocenters. The molecule has 0 aliphatic carbocycles. The molecular weight excluding hydrogens is 204 g/mol. The highest BCUT2D eigenvalue weighted by Crippen LogP contribution is 2.12. The van der Waals surface area contributed by atoms with Crippen molar-refractivity contribution in [1.29, 1.82) is 0 Å². The summed E-state index contributed by atoms with van der Waals surface area (Å²) in [6.07, 6.45) is 4.45. The highest BCUT2D eigenvalue weighted by Gasteiger charge is 2.07. The zero-order chi connectivity index (χ0) is 11.8. The lowest BCUT2D eigenvalue weighted by Crippen LogP contribution is -2.28. The Hall–Kier alpha value is -1.36. The van der Waals surface area contributed by atoms with Gasteiger partial charge >= 0.3 is 0 Å². The van der Waals surface area contributed by atoms with Crippen molar-refractivity contribution < 1.29 is 5.11 Å². The molecule has 0 aliphatic heterocycles. The van der Waals surface area contributed by atoms with E-state index in [4.69, 9.17) is 5.11 Å². The molecule has 0 fully saturated rings.